The molecule has 15 nitrogen and oxygen atoms in total. The van der Waals surface area contributed by atoms with Crippen LogP contribution in [-0.2, 0) is 33.5 Å². The molecule has 2 saturated heterocycles. The number of rotatable bonds is 11. The zero-order valence-corrected chi connectivity index (χ0v) is 28.9. The molecule has 2 aliphatic heterocycles. The van der Waals surface area contributed by atoms with E-state index in [2.05, 4.69) is 0 Å². The van der Waals surface area contributed by atoms with Crippen LogP contribution < -0.4 is 10.2 Å². The number of carbonyl (C=O) groups excluding carboxylic acids is 1. The number of carboxylic acid groups (broad SMARTS) is 1. The van der Waals surface area contributed by atoms with Crippen molar-refractivity contribution in [3.8, 4) is 16.9 Å². The fourth-order valence-corrected chi connectivity index (χ4v) is 8.86. The number of para-hydroxylation sites is 1. The Morgan fingerprint density at radius 1 is 0.887 bits per heavy atom. The van der Waals surface area contributed by atoms with E-state index in [4.69, 9.17) is 9.47 Å². The molecule has 4 aromatic carbocycles. The number of hydrogen-bond acceptors (Lipinski definition) is 11. The van der Waals surface area contributed by atoms with Gasteiger partial charge in [-0.1, -0.05) is 54.6 Å². The van der Waals surface area contributed by atoms with Gasteiger partial charge in [0.2, 0.25) is 5.91 Å². The molecule has 1 amide bonds. The normalized spacial score (nSPS) is 25.4. The Morgan fingerprint density at radius 2 is 1.51 bits per heavy atom. The fraction of sp³-hybridized carbons (Fsp3) is 0.257. The first kappa shape index (κ1) is 38.2. The summed E-state index contributed by atoms with van der Waals surface area (Å²) in [5.41, 5.74) is 1.22. The van der Waals surface area contributed by atoms with Crippen molar-refractivity contribution in [2.24, 2.45) is 0 Å². The van der Waals surface area contributed by atoms with Crippen molar-refractivity contribution in [3.05, 3.63) is 114 Å². The number of β-lactam (4-membered cyclic amide) rings is 1. The molecule has 0 aliphatic carbocycles. The van der Waals surface area contributed by atoms with Crippen LogP contribution in [0.2, 0.25) is 0 Å². The smallest absolute Gasteiger partial charge is 0.356 e. The maximum absolute atomic E-state index is 14.3. The Kier molecular flexibility index (Phi) is 10.6. The average molecular weight is 774 g/mol. The SMILES string of the molecule is O=C(O)C1O[C@@H](O[C@@H](CS(=O)(=O)[C@H]2C(=O)N(c3ccccc3)[C@@H]2c2ccc(-c3ccc(P(=O)(O)O)cc3)cc2O)c2ccc(F)cc2)C(O)[C@@H](O)[C@H]1O. The number of aliphatic carboxylic acids is 1. The molecule has 6 rings (SSSR count). The van der Waals surface area contributed by atoms with E-state index in [9.17, 15) is 62.3 Å². The molecule has 0 bridgehead atoms. The number of hydrogen-bond donors (Lipinski definition) is 7. The van der Waals surface area contributed by atoms with Gasteiger partial charge in [-0.05, 0) is 59.2 Å². The highest BCUT2D eigenvalue weighted by Crippen LogP contribution is 2.47. The molecule has 18 heteroatoms. The van der Waals surface area contributed by atoms with Gasteiger partial charge in [-0.25, -0.2) is 17.6 Å². The number of aliphatic hydroxyl groups excluding tert-OH is 3. The van der Waals surface area contributed by atoms with E-state index in [1.54, 1.807) is 30.3 Å². The van der Waals surface area contributed by atoms with E-state index in [-0.39, 0.29) is 16.4 Å². The van der Waals surface area contributed by atoms with E-state index < -0.39 is 94.7 Å². The number of sulfone groups is 1. The molecular formula is C35H33FNO14PS. The maximum atomic E-state index is 14.3. The van der Waals surface area contributed by atoms with E-state index in [1.165, 1.54) is 47.4 Å². The molecule has 53 heavy (non-hydrogen) atoms. The summed E-state index contributed by atoms with van der Waals surface area (Å²) in [6, 6.07) is 20.6. The summed E-state index contributed by atoms with van der Waals surface area (Å²) >= 11 is 0. The second-order valence-corrected chi connectivity index (χ2v) is 16.3. The second kappa shape index (κ2) is 14.7. The topological polar surface area (TPSA) is 249 Å². The lowest BCUT2D eigenvalue weighted by Gasteiger charge is -2.47. The highest BCUT2D eigenvalue weighted by atomic mass is 32.2. The van der Waals surface area contributed by atoms with Crippen LogP contribution in [0.4, 0.5) is 10.1 Å². The second-order valence-electron chi connectivity index (χ2n) is 12.5. The summed E-state index contributed by atoms with van der Waals surface area (Å²) < 4.78 is 65.1. The van der Waals surface area contributed by atoms with Crippen LogP contribution in [0.15, 0.2) is 97.1 Å². The standard InChI is InChI=1S/C35H33FNO14PS/c36-21-11-6-19(7-12-21)26(50-35-30(41)28(39)29(40)31(51-35)34(43)44)17-53(48,49)32-27(37(33(32)42)22-4-2-1-3-5-22)24-15-10-20(16-25(24)38)18-8-13-23(14-9-18)52(45,46)47/h1-16,26-32,35,38-41H,17H2,(H,43,44)(H2,45,46,47)/t26-,27+,28-,29+,30?,31?,32+,35+/m0/s1. The van der Waals surface area contributed by atoms with Gasteiger partial charge in [-0.3, -0.25) is 9.36 Å². The number of anilines is 1. The number of amides is 1. The van der Waals surface area contributed by atoms with E-state index in [0.29, 0.717) is 16.8 Å². The molecule has 4 aromatic rings. The van der Waals surface area contributed by atoms with Gasteiger partial charge in [0.15, 0.2) is 27.5 Å². The first-order valence-electron chi connectivity index (χ1n) is 15.9. The summed E-state index contributed by atoms with van der Waals surface area (Å²) in [5, 5.41) is 49.8. The van der Waals surface area contributed by atoms with Crippen molar-refractivity contribution >= 4 is 40.3 Å². The monoisotopic (exact) mass is 773 g/mol. The Hall–Kier alpha value is -4.55. The molecule has 2 aliphatic rings. The third-order valence-electron chi connectivity index (χ3n) is 9.09. The van der Waals surface area contributed by atoms with Crippen LogP contribution in [0.25, 0.3) is 11.1 Å². The Morgan fingerprint density at radius 3 is 2.09 bits per heavy atom. The summed E-state index contributed by atoms with van der Waals surface area (Å²) in [7, 11) is -9.16. The zero-order valence-electron chi connectivity index (χ0n) is 27.2. The lowest BCUT2D eigenvalue weighted by atomic mass is 9.90. The quantitative estimate of drug-likeness (QED) is 0.0844. The number of benzene rings is 4. The van der Waals surface area contributed by atoms with Crippen molar-refractivity contribution < 1.29 is 71.8 Å². The number of phenolic OH excluding ortho intramolecular Hbond substituents is 1. The van der Waals surface area contributed by atoms with E-state index >= 15 is 0 Å². The fourth-order valence-electron chi connectivity index (χ4n) is 6.35. The van der Waals surface area contributed by atoms with Crippen LogP contribution in [0, 0.1) is 5.82 Å². The van der Waals surface area contributed by atoms with Crippen LogP contribution >= 0.6 is 7.60 Å². The van der Waals surface area contributed by atoms with Crippen LogP contribution in [0.3, 0.4) is 0 Å². The predicted molar refractivity (Wildman–Crippen MR) is 184 cm³/mol. The van der Waals surface area contributed by atoms with Gasteiger partial charge in [-0.15, -0.1) is 0 Å². The number of ether oxygens (including phenoxy) is 2. The highest BCUT2D eigenvalue weighted by molar-refractivity contribution is 7.93. The largest absolute Gasteiger partial charge is 0.508 e. The van der Waals surface area contributed by atoms with Crippen LogP contribution in [0.1, 0.15) is 23.3 Å². The number of aromatic hydroxyl groups is 1. The Bertz CT molecular complexity index is 2150. The van der Waals surface area contributed by atoms with Crippen molar-refractivity contribution in [2.45, 2.75) is 48.1 Å². The van der Waals surface area contributed by atoms with Crippen molar-refractivity contribution in [3.63, 3.8) is 0 Å². The number of phenols is 1. The molecule has 2 heterocycles. The Balaban J connectivity index is 1.36. The van der Waals surface area contributed by atoms with Crippen molar-refractivity contribution in [1.29, 1.82) is 0 Å². The molecular weight excluding hydrogens is 740 g/mol. The van der Waals surface area contributed by atoms with Gasteiger partial charge in [0.25, 0.3) is 0 Å². The summed E-state index contributed by atoms with van der Waals surface area (Å²) in [4.78, 5) is 45.6. The molecule has 0 aromatic heterocycles. The lowest BCUT2D eigenvalue weighted by Crippen LogP contribution is -2.63. The van der Waals surface area contributed by atoms with Crippen LogP contribution in [0.5, 0.6) is 5.75 Å². The van der Waals surface area contributed by atoms with Crippen LogP contribution in [-0.4, -0.2) is 97.3 Å². The third kappa shape index (κ3) is 7.62. The summed E-state index contributed by atoms with van der Waals surface area (Å²) in [6.07, 6.45) is -11.9. The Labute approximate surface area is 301 Å². The number of nitrogens with zero attached hydrogens (tertiary/aromatic N) is 1. The van der Waals surface area contributed by atoms with E-state index in [0.717, 1.165) is 24.3 Å². The molecule has 0 spiro atoms. The van der Waals surface area contributed by atoms with Gasteiger partial charge >= 0.3 is 13.6 Å². The zero-order chi connectivity index (χ0) is 38.4. The van der Waals surface area contributed by atoms with Gasteiger partial charge in [-0.2, -0.15) is 0 Å². The highest BCUT2D eigenvalue weighted by Gasteiger charge is 2.57. The molecule has 2 fully saturated rings. The predicted octanol–water partition coefficient (Wildman–Crippen LogP) is 1.52. The number of carboxylic acids is 1. The number of carbonyl (C=O) groups is 2. The summed E-state index contributed by atoms with van der Waals surface area (Å²) in [5.74, 6) is -4.69. The van der Waals surface area contributed by atoms with Crippen molar-refractivity contribution in [1.82, 2.24) is 0 Å². The minimum Gasteiger partial charge on any atom is -0.508 e. The molecule has 2 unspecified atom stereocenters. The van der Waals surface area contributed by atoms with Gasteiger partial charge < -0.3 is 49.7 Å². The molecule has 8 atom stereocenters. The lowest BCUT2D eigenvalue weighted by molar-refractivity contribution is -0.303. The first-order chi connectivity index (χ1) is 25.0. The minimum atomic E-state index is -4.65. The minimum absolute atomic E-state index is 0.0125. The number of halogens is 1. The molecule has 0 saturated carbocycles. The maximum Gasteiger partial charge on any atom is 0.356 e. The average Bonchev–Trinajstić information content (AvgIpc) is 3.10. The van der Waals surface area contributed by atoms with Crippen molar-refractivity contribution in [2.75, 3.05) is 10.7 Å². The molecule has 0 radical (unpaired) electrons. The third-order valence-corrected chi connectivity index (χ3v) is 12.1. The van der Waals surface area contributed by atoms with E-state index in [1.807, 2.05) is 0 Å². The van der Waals surface area contributed by atoms with Gasteiger partial charge in [0.05, 0.1) is 23.2 Å². The first-order valence-corrected chi connectivity index (χ1v) is 19.2. The van der Waals surface area contributed by atoms with Gasteiger partial charge in [0, 0.05) is 11.3 Å². The van der Waals surface area contributed by atoms with Gasteiger partial charge in [0.1, 0.15) is 29.9 Å². The number of aliphatic hydroxyl groups is 3. The molecule has 7 N–H and O–H groups in total. The summed E-state index contributed by atoms with van der Waals surface area (Å²) in [6.45, 7) is 0. The molecule has 280 valence electrons.